The molecule has 3 heterocycles. The number of hydrogen-bond acceptors (Lipinski definition) is 6. The highest BCUT2D eigenvalue weighted by atomic mass is 32.2. The average Bonchev–Trinajstić information content (AvgIpc) is 3.38. The van der Waals surface area contributed by atoms with Crippen molar-refractivity contribution in [3.05, 3.63) is 52.2 Å². The van der Waals surface area contributed by atoms with Crippen molar-refractivity contribution in [1.82, 2.24) is 10.3 Å². The molecule has 0 bridgehead atoms. The van der Waals surface area contributed by atoms with E-state index in [-0.39, 0.29) is 17.1 Å². The molecular formula is C19H17N3O2S3. The Morgan fingerprint density at radius 1 is 1.22 bits per heavy atom. The summed E-state index contributed by atoms with van der Waals surface area (Å²) in [6.07, 6.45) is 0.752. The second-order valence-corrected chi connectivity index (χ2v) is 9.39. The van der Waals surface area contributed by atoms with Crippen LogP contribution in [-0.4, -0.2) is 22.0 Å². The van der Waals surface area contributed by atoms with Gasteiger partial charge >= 0.3 is 0 Å². The van der Waals surface area contributed by atoms with E-state index in [9.17, 15) is 9.59 Å². The molecule has 0 saturated heterocycles. The molecule has 4 rings (SSSR count). The van der Waals surface area contributed by atoms with Crippen molar-refractivity contribution in [2.45, 2.75) is 30.0 Å². The monoisotopic (exact) mass is 415 g/mol. The van der Waals surface area contributed by atoms with Gasteiger partial charge in [-0.05, 0) is 30.2 Å². The van der Waals surface area contributed by atoms with Crippen LogP contribution < -0.4 is 10.6 Å². The summed E-state index contributed by atoms with van der Waals surface area (Å²) < 4.78 is 0. The fourth-order valence-corrected chi connectivity index (χ4v) is 5.67. The van der Waals surface area contributed by atoms with Crippen LogP contribution in [-0.2, 0) is 22.6 Å². The van der Waals surface area contributed by atoms with E-state index in [1.165, 1.54) is 28.7 Å². The summed E-state index contributed by atoms with van der Waals surface area (Å²) in [5.74, 6) is -0.0508. The van der Waals surface area contributed by atoms with Crippen LogP contribution in [0, 0.1) is 0 Å². The first-order chi connectivity index (χ1) is 13.1. The highest BCUT2D eigenvalue weighted by Gasteiger charge is 2.28. The Morgan fingerprint density at radius 3 is 2.89 bits per heavy atom. The van der Waals surface area contributed by atoms with E-state index >= 15 is 0 Å². The van der Waals surface area contributed by atoms with Crippen molar-refractivity contribution in [2.24, 2.45) is 0 Å². The average molecular weight is 416 g/mol. The lowest BCUT2D eigenvalue weighted by Crippen LogP contribution is -2.24. The maximum absolute atomic E-state index is 12.6. The zero-order valence-electron chi connectivity index (χ0n) is 14.5. The zero-order chi connectivity index (χ0) is 18.8. The molecule has 2 N–H and O–H groups in total. The lowest BCUT2D eigenvalue weighted by atomic mass is 10.1. The third-order valence-electron chi connectivity index (χ3n) is 4.10. The number of hydrogen-bond donors (Lipinski definition) is 2. The van der Waals surface area contributed by atoms with Crippen LogP contribution in [0.15, 0.2) is 46.7 Å². The van der Waals surface area contributed by atoms with Gasteiger partial charge < -0.3 is 10.6 Å². The highest BCUT2D eigenvalue weighted by Crippen LogP contribution is 2.37. The molecular weight excluding hydrogens is 398 g/mol. The number of amides is 2. The van der Waals surface area contributed by atoms with Crippen LogP contribution in [0.4, 0.5) is 5.13 Å². The number of aromatic nitrogens is 1. The highest BCUT2D eigenvalue weighted by molar-refractivity contribution is 8.01. The fourth-order valence-electron chi connectivity index (χ4n) is 2.78. The van der Waals surface area contributed by atoms with Crippen molar-refractivity contribution < 1.29 is 9.59 Å². The molecule has 1 unspecified atom stereocenters. The minimum Gasteiger partial charge on any atom is -0.351 e. The Labute approximate surface area is 169 Å². The normalized spacial score (nSPS) is 15.4. The summed E-state index contributed by atoms with van der Waals surface area (Å²) >= 11 is 4.63. The quantitative estimate of drug-likeness (QED) is 0.656. The second kappa shape index (κ2) is 7.84. The summed E-state index contributed by atoms with van der Waals surface area (Å²) in [5.41, 5.74) is 2.07. The summed E-state index contributed by atoms with van der Waals surface area (Å²) in [6, 6.07) is 12.1. The summed E-state index contributed by atoms with van der Waals surface area (Å²) in [4.78, 5) is 31.4. The maximum atomic E-state index is 12.6. The number of anilines is 1. The number of thiazole rings is 1. The van der Waals surface area contributed by atoms with Gasteiger partial charge in [0.25, 0.3) is 0 Å². The van der Waals surface area contributed by atoms with Crippen LogP contribution in [0.3, 0.4) is 0 Å². The predicted octanol–water partition coefficient (Wildman–Crippen LogP) is 4.16. The molecule has 0 spiro atoms. The first-order valence-electron chi connectivity index (χ1n) is 8.43. The molecule has 5 nitrogen and oxygen atoms in total. The van der Waals surface area contributed by atoms with Gasteiger partial charge in [0.15, 0.2) is 5.13 Å². The van der Waals surface area contributed by atoms with E-state index in [4.69, 9.17) is 0 Å². The fraction of sp³-hybridized carbons (Fsp3) is 0.211. The van der Waals surface area contributed by atoms with E-state index in [2.05, 4.69) is 27.8 Å². The molecule has 8 heteroatoms. The van der Waals surface area contributed by atoms with Crippen LogP contribution in [0.1, 0.15) is 17.4 Å². The molecule has 0 aliphatic carbocycles. The van der Waals surface area contributed by atoms with Gasteiger partial charge in [0.05, 0.1) is 22.4 Å². The van der Waals surface area contributed by atoms with Crippen LogP contribution in [0.2, 0.25) is 0 Å². The van der Waals surface area contributed by atoms with Crippen molar-refractivity contribution in [2.75, 3.05) is 5.32 Å². The SMILES string of the molecule is CC(=O)NCc1ccc(-c2csc(NC(=O)C3Cc4ccccc4S3)n2)s1. The van der Waals surface area contributed by atoms with E-state index in [1.54, 1.807) is 23.1 Å². The first-order valence-corrected chi connectivity index (χ1v) is 11.0. The van der Waals surface area contributed by atoms with Gasteiger partial charge in [-0.2, -0.15) is 0 Å². The molecule has 0 fully saturated rings. The number of fused-ring (bicyclic) bond motifs is 1. The van der Waals surface area contributed by atoms with E-state index in [0.29, 0.717) is 11.7 Å². The molecule has 2 amide bonds. The Morgan fingerprint density at radius 2 is 2.07 bits per heavy atom. The molecule has 1 aliphatic rings. The number of benzene rings is 1. The maximum Gasteiger partial charge on any atom is 0.239 e. The standard InChI is InChI=1S/C19H17N3O2S3/c1-11(23)20-9-13-6-7-16(26-13)14-10-25-19(21-14)22-18(24)17-8-12-4-2-3-5-15(12)27-17/h2-7,10,17H,8-9H2,1H3,(H,20,23)(H,21,22,24). The van der Waals surface area contributed by atoms with Crippen molar-refractivity contribution in [3.8, 4) is 10.6 Å². The Hall–Kier alpha value is -2.16. The molecule has 27 heavy (non-hydrogen) atoms. The number of carbonyl (C=O) groups is 2. The van der Waals surface area contributed by atoms with Gasteiger partial charge in [-0.15, -0.1) is 34.4 Å². The number of nitrogens with one attached hydrogen (secondary N) is 2. The van der Waals surface area contributed by atoms with E-state index in [0.717, 1.165) is 21.9 Å². The minimum atomic E-state index is -0.110. The number of carbonyl (C=O) groups excluding carboxylic acids is 2. The molecule has 2 aromatic heterocycles. The summed E-state index contributed by atoms with van der Waals surface area (Å²) in [5, 5.41) is 8.19. The van der Waals surface area contributed by atoms with Gasteiger partial charge in [0.1, 0.15) is 0 Å². The van der Waals surface area contributed by atoms with Crippen molar-refractivity contribution in [3.63, 3.8) is 0 Å². The number of nitrogens with zero attached hydrogens (tertiary/aromatic N) is 1. The molecule has 0 saturated carbocycles. The third kappa shape index (κ3) is 4.23. The second-order valence-electron chi connectivity index (χ2n) is 6.12. The summed E-state index contributed by atoms with van der Waals surface area (Å²) in [7, 11) is 0. The Bertz CT molecular complexity index is 971. The van der Waals surface area contributed by atoms with E-state index in [1.807, 2.05) is 29.6 Å². The number of rotatable bonds is 5. The molecule has 1 aliphatic heterocycles. The lowest BCUT2D eigenvalue weighted by molar-refractivity contribution is -0.119. The largest absolute Gasteiger partial charge is 0.351 e. The predicted molar refractivity (Wildman–Crippen MR) is 111 cm³/mol. The topological polar surface area (TPSA) is 71.1 Å². The van der Waals surface area contributed by atoms with Crippen LogP contribution in [0.25, 0.3) is 10.6 Å². The number of thiophene rings is 1. The lowest BCUT2D eigenvalue weighted by Gasteiger charge is -2.07. The van der Waals surface area contributed by atoms with Crippen LogP contribution >= 0.6 is 34.4 Å². The Kier molecular flexibility index (Phi) is 5.29. The van der Waals surface area contributed by atoms with Gasteiger partial charge in [-0.3, -0.25) is 9.59 Å². The minimum absolute atomic E-state index is 0.00498. The zero-order valence-corrected chi connectivity index (χ0v) is 17.0. The van der Waals surface area contributed by atoms with Gasteiger partial charge in [0, 0.05) is 22.1 Å². The van der Waals surface area contributed by atoms with Crippen molar-refractivity contribution >= 4 is 51.4 Å². The molecule has 3 aromatic rings. The molecule has 1 aromatic carbocycles. The third-order valence-corrected chi connectivity index (χ3v) is 7.28. The first kappa shape index (κ1) is 18.2. The molecule has 0 radical (unpaired) electrons. The van der Waals surface area contributed by atoms with Crippen molar-refractivity contribution in [1.29, 1.82) is 0 Å². The van der Waals surface area contributed by atoms with Gasteiger partial charge in [-0.25, -0.2) is 4.98 Å². The summed E-state index contributed by atoms with van der Waals surface area (Å²) in [6.45, 7) is 2.03. The smallest absolute Gasteiger partial charge is 0.239 e. The molecule has 138 valence electrons. The molecule has 1 atom stereocenters. The van der Waals surface area contributed by atoms with Gasteiger partial charge in [-0.1, -0.05) is 18.2 Å². The Balaban J connectivity index is 1.38. The number of thioether (sulfide) groups is 1. The van der Waals surface area contributed by atoms with Gasteiger partial charge in [0.2, 0.25) is 11.8 Å². The van der Waals surface area contributed by atoms with E-state index < -0.39 is 0 Å². The van der Waals surface area contributed by atoms with Crippen LogP contribution in [0.5, 0.6) is 0 Å².